The number of aromatic nitrogens is 1. The molecule has 19 heavy (non-hydrogen) atoms. The van der Waals surface area contributed by atoms with Crippen LogP contribution in [0, 0.1) is 12.3 Å². The van der Waals surface area contributed by atoms with Crippen molar-refractivity contribution >= 4 is 24.4 Å². The van der Waals surface area contributed by atoms with E-state index in [1.807, 2.05) is 18.2 Å². The van der Waals surface area contributed by atoms with Gasteiger partial charge in [-0.1, -0.05) is 25.8 Å². The molecule has 112 valence electrons. The van der Waals surface area contributed by atoms with Gasteiger partial charge in [0.05, 0.1) is 0 Å². The summed E-state index contributed by atoms with van der Waals surface area (Å²) in [6, 6.07) is 5.72. The Bertz CT molecular complexity index is 184. The predicted octanol–water partition coefficient (Wildman–Crippen LogP) is -11.9. The molecule has 0 aliphatic heterocycles. The van der Waals surface area contributed by atoms with Crippen LogP contribution in [0.15, 0.2) is 30.6 Å². The minimum atomic E-state index is 0. The summed E-state index contributed by atoms with van der Waals surface area (Å²) in [4.78, 5) is 3.78. The van der Waals surface area contributed by atoms with Gasteiger partial charge in [-0.3, -0.25) is 4.98 Å². The number of nitrogens with zero attached hydrogens (tertiary/aromatic N) is 1. The Morgan fingerprint density at radius 1 is 0.842 bits per heavy atom. The van der Waals surface area contributed by atoms with E-state index in [0.29, 0.717) is 0 Å². The van der Waals surface area contributed by atoms with Gasteiger partial charge < -0.3 is 68.5 Å². The topological polar surface area (TPSA) is 12.9 Å². The zero-order valence-corrected chi connectivity index (χ0v) is 17.0. The molecule has 0 unspecified atom stereocenters. The van der Waals surface area contributed by atoms with Gasteiger partial charge in [-0.15, -0.1) is 0 Å². The first-order valence-electron chi connectivity index (χ1n) is 5.06. The van der Waals surface area contributed by atoms with E-state index in [2.05, 4.69) is 18.3 Å². The summed E-state index contributed by atoms with van der Waals surface area (Å²) in [6.07, 6.45) is 11.5. The molecule has 0 bridgehead atoms. The molecule has 1 aliphatic carbocycles. The van der Waals surface area contributed by atoms with Crippen LogP contribution in [0.4, 0.5) is 0 Å². The summed E-state index contributed by atoms with van der Waals surface area (Å²) >= 11 is 0. The summed E-state index contributed by atoms with van der Waals surface area (Å²) in [5.41, 5.74) is 0. The third-order valence-electron chi connectivity index (χ3n) is 2.29. The number of halogens is 5. The van der Waals surface area contributed by atoms with Gasteiger partial charge in [0.2, 0.25) is 0 Å². The molecule has 0 N–H and O–H groups in total. The van der Waals surface area contributed by atoms with E-state index in [1.165, 1.54) is 25.7 Å². The molecule has 1 aromatic heterocycles. The zero-order chi connectivity index (χ0) is 9.36. The summed E-state index contributed by atoms with van der Waals surface area (Å²) < 4.78 is 0. The van der Waals surface area contributed by atoms with Crippen molar-refractivity contribution < 1.29 is 62.0 Å². The van der Waals surface area contributed by atoms with Gasteiger partial charge >= 0.3 is 24.4 Å². The minimum absolute atomic E-state index is 0. The van der Waals surface area contributed by atoms with Crippen LogP contribution in [-0.2, 0) is 0 Å². The first-order valence-corrected chi connectivity index (χ1v) is 5.06. The van der Waals surface area contributed by atoms with E-state index in [9.17, 15) is 0 Å². The molecule has 1 nitrogen and oxygen atoms in total. The van der Waals surface area contributed by atoms with Crippen LogP contribution in [0.2, 0.25) is 0 Å². The minimum Gasteiger partial charge on any atom is -1.00 e. The summed E-state index contributed by atoms with van der Waals surface area (Å²) in [6.45, 7) is 2.34. The second-order valence-corrected chi connectivity index (χ2v) is 3.57. The Labute approximate surface area is 166 Å². The molecule has 0 spiro atoms. The maximum absolute atomic E-state index is 3.78. The monoisotopic (exact) mass is 472 g/mol. The molecule has 1 heterocycles. The first kappa shape index (κ1) is 37.0. The smallest absolute Gasteiger partial charge is 1.00 e. The van der Waals surface area contributed by atoms with E-state index < -0.39 is 0 Å². The van der Waals surface area contributed by atoms with Crippen molar-refractivity contribution in [3.8, 4) is 0 Å². The Balaban J connectivity index is -0.0000000340. The largest absolute Gasteiger partial charge is 5.00 e. The van der Waals surface area contributed by atoms with Crippen LogP contribution in [0.25, 0.3) is 0 Å². The maximum Gasteiger partial charge on any atom is 5.00 e. The molecular formula is C12H18Cl5NSb-. The zero-order valence-electron chi connectivity index (χ0n) is 10.7. The fraction of sp³-hybridized carbons (Fsp3) is 0.500. The van der Waals surface area contributed by atoms with Crippen LogP contribution in [0.3, 0.4) is 0 Å². The predicted molar refractivity (Wildman–Crippen MR) is 61.9 cm³/mol. The van der Waals surface area contributed by atoms with Gasteiger partial charge in [-0.25, -0.2) is 0 Å². The van der Waals surface area contributed by atoms with Crippen molar-refractivity contribution in [1.29, 1.82) is 0 Å². The van der Waals surface area contributed by atoms with Gasteiger partial charge in [0.1, 0.15) is 0 Å². The SMILES string of the molecule is CC1CC[CH-]CC1.[Cl-].[Cl-].[Cl-].[Cl-].[Cl-].[Sb+5].c1ccncc1. The van der Waals surface area contributed by atoms with Gasteiger partial charge in [0.25, 0.3) is 0 Å². The second kappa shape index (κ2) is 27.7. The Morgan fingerprint density at radius 3 is 1.42 bits per heavy atom. The van der Waals surface area contributed by atoms with Crippen molar-refractivity contribution in [1.82, 2.24) is 4.98 Å². The van der Waals surface area contributed by atoms with Crippen LogP contribution in [-0.4, -0.2) is 29.4 Å². The molecule has 0 radical (unpaired) electrons. The standard InChI is InChI=1S/C7H13.C5H5N.5ClH.Sb/c1-7-5-3-2-4-6-7;1-2-4-6-5-3-1;;;;;;/h2,7H,3-6H2,1H3;1-5H;5*1H;/q-1;;;;;;;+5/p-5. The van der Waals surface area contributed by atoms with Gasteiger partial charge in [-0.2, -0.15) is 12.8 Å². The van der Waals surface area contributed by atoms with Gasteiger partial charge in [-0.05, 0) is 18.1 Å². The molecule has 7 heteroatoms. The van der Waals surface area contributed by atoms with Crippen molar-refractivity contribution in [2.24, 2.45) is 5.92 Å². The normalized spacial score (nSPS) is 11.8. The van der Waals surface area contributed by atoms with E-state index in [1.54, 1.807) is 12.4 Å². The number of rotatable bonds is 0. The molecule has 2 rings (SSSR count). The Morgan fingerprint density at radius 2 is 1.26 bits per heavy atom. The summed E-state index contributed by atoms with van der Waals surface area (Å²) in [5, 5.41) is 0. The van der Waals surface area contributed by atoms with Crippen LogP contribution < -0.4 is 62.0 Å². The fourth-order valence-electron chi connectivity index (χ4n) is 1.41. The average Bonchev–Trinajstić information content (AvgIpc) is 2.22. The molecule has 1 aliphatic rings. The maximum atomic E-state index is 3.78. The molecule has 0 aromatic carbocycles. The van der Waals surface area contributed by atoms with E-state index in [4.69, 9.17) is 0 Å². The quantitative estimate of drug-likeness (QED) is 0.269. The molecule has 1 aromatic rings. The molecule has 0 atom stereocenters. The van der Waals surface area contributed by atoms with E-state index >= 15 is 0 Å². The van der Waals surface area contributed by atoms with Crippen LogP contribution >= 0.6 is 0 Å². The van der Waals surface area contributed by atoms with E-state index in [0.717, 1.165) is 5.92 Å². The number of hydrogen-bond donors (Lipinski definition) is 0. The van der Waals surface area contributed by atoms with Crippen LogP contribution in [0.5, 0.6) is 0 Å². The fourth-order valence-corrected chi connectivity index (χ4v) is 1.41. The average molecular weight is 475 g/mol. The molecule has 1 saturated carbocycles. The second-order valence-electron chi connectivity index (χ2n) is 3.57. The van der Waals surface area contributed by atoms with Gasteiger partial charge in [0.15, 0.2) is 0 Å². The number of pyridine rings is 1. The van der Waals surface area contributed by atoms with Crippen molar-refractivity contribution in [2.75, 3.05) is 0 Å². The van der Waals surface area contributed by atoms with Gasteiger partial charge in [0, 0.05) is 12.4 Å². The molecule has 0 amide bonds. The van der Waals surface area contributed by atoms with Crippen LogP contribution in [0.1, 0.15) is 32.6 Å². The summed E-state index contributed by atoms with van der Waals surface area (Å²) in [7, 11) is 0. The Hall–Kier alpha value is 1.42. The molecular weight excluding hydrogens is 457 g/mol. The molecule has 0 saturated heterocycles. The number of hydrogen-bond acceptors (Lipinski definition) is 1. The van der Waals surface area contributed by atoms with Crippen molar-refractivity contribution in [3.05, 3.63) is 37.0 Å². The summed E-state index contributed by atoms with van der Waals surface area (Å²) in [5.74, 6) is 1.00. The van der Waals surface area contributed by atoms with Crippen molar-refractivity contribution in [2.45, 2.75) is 32.6 Å². The third-order valence-corrected chi connectivity index (χ3v) is 2.29. The molecule has 1 fully saturated rings. The first-order chi connectivity index (χ1) is 6.39. The van der Waals surface area contributed by atoms with E-state index in [-0.39, 0.29) is 86.5 Å². The van der Waals surface area contributed by atoms with Crippen molar-refractivity contribution in [3.63, 3.8) is 0 Å². The Kier molecular flexibility index (Phi) is 54.0. The third kappa shape index (κ3) is 24.8.